The summed E-state index contributed by atoms with van der Waals surface area (Å²) in [6, 6.07) is 18.4. The van der Waals surface area contributed by atoms with E-state index < -0.39 is 5.91 Å². The van der Waals surface area contributed by atoms with Gasteiger partial charge in [-0.1, -0.05) is 29.8 Å². The molecular formula is C24H18ClNO5. The Morgan fingerprint density at radius 2 is 1.65 bits per heavy atom. The molecular weight excluding hydrogens is 418 g/mol. The fourth-order valence-corrected chi connectivity index (χ4v) is 3.53. The fraction of sp³-hybridized carbons (Fsp3) is 0.0833. The monoisotopic (exact) mass is 435 g/mol. The maximum absolute atomic E-state index is 12.9. The van der Waals surface area contributed by atoms with Crippen molar-refractivity contribution >= 4 is 34.2 Å². The van der Waals surface area contributed by atoms with Crippen LogP contribution in [0.3, 0.4) is 0 Å². The lowest BCUT2D eigenvalue weighted by Gasteiger charge is -2.13. The van der Waals surface area contributed by atoms with E-state index in [-0.39, 0.29) is 11.0 Å². The molecule has 0 aliphatic carbocycles. The van der Waals surface area contributed by atoms with Crippen LogP contribution < -0.4 is 20.2 Å². The zero-order valence-electron chi connectivity index (χ0n) is 16.8. The molecule has 7 heteroatoms. The van der Waals surface area contributed by atoms with Crippen molar-refractivity contribution in [2.24, 2.45) is 0 Å². The number of nitrogens with one attached hydrogen (secondary N) is 1. The summed E-state index contributed by atoms with van der Waals surface area (Å²) in [5.41, 5.74) is 1.46. The Balaban J connectivity index is 1.70. The van der Waals surface area contributed by atoms with Crippen LogP contribution in [0.2, 0.25) is 5.02 Å². The molecule has 1 amide bonds. The Labute approximate surface area is 183 Å². The molecule has 0 saturated carbocycles. The maximum atomic E-state index is 12.9. The number of fused-ring (bicyclic) bond motifs is 1. The zero-order valence-corrected chi connectivity index (χ0v) is 17.5. The van der Waals surface area contributed by atoms with Crippen molar-refractivity contribution in [3.8, 4) is 22.8 Å². The van der Waals surface area contributed by atoms with E-state index in [0.29, 0.717) is 44.5 Å². The minimum atomic E-state index is -0.425. The summed E-state index contributed by atoms with van der Waals surface area (Å²) in [6.45, 7) is 0. The fourth-order valence-electron chi connectivity index (χ4n) is 3.30. The summed E-state index contributed by atoms with van der Waals surface area (Å²) >= 11 is 6.22. The van der Waals surface area contributed by atoms with E-state index >= 15 is 0 Å². The van der Waals surface area contributed by atoms with E-state index in [1.165, 1.54) is 20.3 Å². The molecule has 0 aliphatic rings. The Morgan fingerprint density at radius 3 is 2.32 bits per heavy atom. The molecule has 4 aromatic rings. The average molecular weight is 436 g/mol. The molecule has 1 N–H and O–H groups in total. The molecule has 0 spiro atoms. The van der Waals surface area contributed by atoms with E-state index in [4.69, 9.17) is 25.5 Å². The van der Waals surface area contributed by atoms with Gasteiger partial charge in [0.05, 0.1) is 24.6 Å². The second kappa shape index (κ2) is 8.53. The SMILES string of the molecule is COc1cccc(OC)c1C(=O)Nc1ccc2oc(-c3ccccc3Cl)cc(=O)c2c1. The number of ether oxygens (including phenoxy) is 2. The molecule has 3 aromatic carbocycles. The highest BCUT2D eigenvalue weighted by Crippen LogP contribution is 2.31. The van der Waals surface area contributed by atoms with Crippen LogP contribution in [0.25, 0.3) is 22.3 Å². The van der Waals surface area contributed by atoms with Gasteiger partial charge in [0.25, 0.3) is 5.91 Å². The highest BCUT2D eigenvalue weighted by Gasteiger charge is 2.19. The lowest BCUT2D eigenvalue weighted by atomic mass is 10.1. The number of carbonyl (C=O) groups excluding carboxylic acids is 1. The molecule has 0 unspecified atom stereocenters. The topological polar surface area (TPSA) is 77.8 Å². The molecule has 4 rings (SSSR count). The Bertz CT molecular complexity index is 1320. The second-order valence-corrected chi connectivity index (χ2v) is 7.06. The first-order chi connectivity index (χ1) is 15.0. The Hall–Kier alpha value is -3.77. The quantitative estimate of drug-likeness (QED) is 0.455. The molecule has 0 saturated heterocycles. The third-order valence-electron chi connectivity index (χ3n) is 4.78. The minimum Gasteiger partial charge on any atom is -0.496 e. The van der Waals surface area contributed by atoms with Gasteiger partial charge in [0.15, 0.2) is 5.43 Å². The highest BCUT2D eigenvalue weighted by atomic mass is 35.5. The predicted octanol–water partition coefficient (Wildman–Crippen LogP) is 5.38. The van der Waals surface area contributed by atoms with Crippen molar-refractivity contribution < 1.29 is 18.7 Å². The van der Waals surface area contributed by atoms with Crippen molar-refractivity contribution in [1.82, 2.24) is 0 Å². The van der Waals surface area contributed by atoms with Gasteiger partial charge in [0, 0.05) is 17.3 Å². The van der Waals surface area contributed by atoms with Gasteiger partial charge in [-0.2, -0.15) is 0 Å². The first-order valence-electron chi connectivity index (χ1n) is 9.37. The van der Waals surface area contributed by atoms with Gasteiger partial charge in [0.2, 0.25) is 0 Å². The predicted molar refractivity (Wildman–Crippen MR) is 120 cm³/mol. The van der Waals surface area contributed by atoms with Crippen LogP contribution in [0.1, 0.15) is 10.4 Å². The van der Waals surface area contributed by atoms with Crippen molar-refractivity contribution in [3.63, 3.8) is 0 Å². The van der Waals surface area contributed by atoms with Gasteiger partial charge in [-0.15, -0.1) is 0 Å². The number of methoxy groups -OCH3 is 2. The van der Waals surface area contributed by atoms with Crippen molar-refractivity contribution in [3.05, 3.63) is 87.5 Å². The van der Waals surface area contributed by atoms with Gasteiger partial charge < -0.3 is 19.2 Å². The number of halogens is 1. The average Bonchev–Trinajstić information content (AvgIpc) is 2.79. The van der Waals surface area contributed by atoms with Gasteiger partial charge in [-0.3, -0.25) is 9.59 Å². The second-order valence-electron chi connectivity index (χ2n) is 6.66. The zero-order chi connectivity index (χ0) is 22.0. The van der Waals surface area contributed by atoms with Crippen molar-refractivity contribution in [2.75, 3.05) is 19.5 Å². The molecule has 1 heterocycles. The number of benzene rings is 3. The van der Waals surface area contributed by atoms with Crippen LogP contribution in [0.4, 0.5) is 5.69 Å². The van der Waals surface area contributed by atoms with E-state index in [1.807, 2.05) is 6.07 Å². The Kier molecular flexibility index (Phi) is 5.64. The van der Waals surface area contributed by atoms with Crippen LogP contribution in [0.5, 0.6) is 11.5 Å². The van der Waals surface area contributed by atoms with Crippen LogP contribution >= 0.6 is 11.6 Å². The first kappa shape index (κ1) is 20.5. The number of carbonyl (C=O) groups is 1. The van der Waals surface area contributed by atoms with E-state index in [9.17, 15) is 9.59 Å². The maximum Gasteiger partial charge on any atom is 0.263 e. The third-order valence-corrected chi connectivity index (χ3v) is 5.11. The summed E-state index contributed by atoms with van der Waals surface area (Å²) in [5, 5.41) is 3.60. The van der Waals surface area contributed by atoms with Crippen molar-refractivity contribution in [1.29, 1.82) is 0 Å². The number of amides is 1. The number of rotatable bonds is 5. The van der Waals surface area contributed by atoms with Crippen molar-refractivity contribution in [2.45, 2.75) is 0 Å². The van der Waals surface area contributed by atoms with Gasteiger partial charge in [-0.25, -0.2) is 0 Å². The molecule has 0 fully saturated rings. The van der Waals surface area contributed by atoms with Gasteiger partial charge in [0.1, 0.15) is 28.4 Å². The van der Waals surface area contributed by atoms with E-state index in [1.54, 1.807) is 54.6 Å². The molecule has 0 atom stereocenters. The van der Waals surface area contributed by atoms with Crippen LogP contribution in [-0.2, 0) is 0 Å². The summed E-state index contributed by atoms with van der Waals surface area (Å²) in [7, 11) is 2.95. The largest absolute Gasteiger partial charge is 0.496 e. The molecule has 6 nitrogen and oxygen atoms in total. The number of anilines is 1. The standard InChI is InChI=1S/C24H18ClNO5/c1-29-20-8-5-9-21(30-2)23(20)24(28)26-14-10-11-19-16(12-14)18(27)13-22(31-19)15-6-3-4-7-17(15)25/h3-13H,1-2H3,(H,26,28). The van der Waals surface area contributed by atoms with Gasteiger partial charge >= 0.3 is 0 Å². The summed E-state index contributed by atoms with van der Waals surface area (Å²) in [6.07, 6.45) is 0. The lowest BCUT2D eigenvalue weighted by molar-refractivity contribution is 0.102. The lowest BCUT2D eigenvalue weighted by Crippen LogP contribution is -2.15. The summed E-state index contributed by atoms with van der Waals surface area (Å²) in [5.74, 6) is 0.701. The molecule has 31 heavy (non-hydrogen) atoms. The summed E-state index contributed by atoms with van der Waals surface area (Å²) in [4.78, 5) is 25.6. The molecule has 0 bridgehead atoms. The van der Waals surface area contributed by atoms with Crippen LogP contribution in [0.15, 0.2) is 75.9 Å². The highest BCUT2D eigenvalue weighted by molar-refractivity contribution is 6.33. The van der Waals surface area contributed by atoms with Gasteiger partial charge in [-0.05, 0) is 42.5 Å². The first-order valence-corrected chi connectivity index (χ1v) is 9.74. The normalized spacial score (nSPS) is 10.7. The number of hydrogen-bond donors (Lipinski definition) is 1. The molecule has 1 aromatic heterocycles. The molecule has 0 radical (unpaired) electrons. The number of hydrogen-bond acceptors (Lipinski definition) is 5. The van der Waals surface area contributed by atoms with Crippen LogP contribution in [0, 0.1) is 0 Å². The summed E-state index contributed by atoms with van der Waals surface area (Å²) < 4.78 is 16.5. The molecule has 0 aliphatic heterocycles. The molecule has 156 valence electrons. The van der Waals surface area contributed by atoms with E-state index in [0.717, 1.165) is 0 Å². The van der Waals surface area contributed by atoms with Crippen LogP contribution in [-0.4, -0.2) is 20.1 Å². The Morgan fingerprint density at radius 1 is 0.935 bits per heavy atom. The smallest absolute Gasteiger partial charge is 0.263 e. The van der Waals surface area contributed by atoms with E-state index in [2.05, 4.69) is 5.32 Å². The third kappa shape index (κ3) is 3.98. The minimum absolute atomic E-state index is 0.248.